The normalized spacial score (nSPS) is 12.0. The number of nitrogens with one attached hydrogen (secondary N) is 1. The molecule has 0 radical (unpaired) electrons. The summed E-state index contributed by atoms with van der Waals surface area (Å²) >= 11 is 0. The fourth-order valence-corrected chi connectivity index (χ4v) is 2.16. The van der Waals surface area contributed by atoms with E-state index in [9.17, 15) is 4.79 Å². The summed E-state index contributed by atoms with van der Waals surface area (Å²) in [5.41, 5.74) is 3.41. The van der Waals surface area contributed by atoms with Gasteiger partial charge >= 0.3 is 5.97 Å². The van der Waals surface area contributed by atoms with Crippen LogP contribution in [0.15, 0.2) is 30.6 Å². The summed E-state index contributed by atoms with van der Waals surface area (Å²) in [5.74, 6) is -0.336. The van der Waals surface area contributed by atoms with Gasteiger partial charge in [0.25, 0.3) is 0 Å². The van der Waals surface area contributed by atoms with Crippen molar-refractivity contribution in [1.29, 1.82) is 0 Å². The van der Waals surface area contributed by atoms with Gasteiger partial charge in [0.15, 0.2) is 0 Å². The highest BCUT2D eigenvalue weighted by atomic mass is 16.5. The second kappa shape index (κ2) is 6.43. The second-order valence-corrected chi connectivity index (χ2v) is 5.04. The van der Waals surface area contributed by atoms with Crippen LogP contribution in [0.5, 0.6) is 0 Å². The summed E-state index contributed by atoms with van der Waals surface area (Å²) in [5, 5.41) is 7.62. The Morgan fingerprint density at radius 3 is 2.86 bits per heavy atom. The van der Waals surface area contributed by atoms with Crippen molar-refractivity contribution in [3.05, 3.63) is 47.3 Å². The molecule has 1 heterocycles. The van der Waals surface area contributed by atoms with Gasteiger partial charge in [-0.25, -0.2) is 4.79 Å². The molecule has 1 aromatic carbocycles. The Morgan fingerprint density at radius 2 is 2.24 bits per heavy atom. The van der Waals surface area contributed by atoms with Gasteiger partial charge in [0.2, 0.25) is 0 Å². The third kappa shape index (κ3) is 3.42. The molecule has 0 amide bonds. The Balaban J connectivity index is 2.24. The van der Waals surface area contributed by atoms with Gasteiger partial charge in [-0.3, -0.25) is 4.68 Å². The summed E-state index contributed by atoms with van der Waals surface area (Å²) in [4.78, 5) is 11.9. The highest BCUT2D eigenvalue weighted by Gasteiger charge is 2.15. The molecule has 0 bridgehead atoms. The predicted molar refractivity (Wildman–Crippen MR) is 82.5 cm³/mol. The number of aryl methyl sites for hydroxylation is 2. The summed E-state index contributed by atoms with van der Waals surface area (Å²) in [6.45, 7) is 6.87. The van der Waals surface area contributed by atoms with E-state index in [1.54, 1.807) is 0 Å². The summed E-state index contributed by atoms with van der Waals surface area (Å²) in [6, 6.07) is 5.76. The molecule has 2 aromatic rings. The molecule has 5 nitrogen and oxygen atoms in total. The molecular formula is C16H21N3O2. The maximum absolute atomic E-state index is 11.9. The van der Waals surface area contributed by atoms with Gasteiger partial charge in [-0.2, -0.15) is 5.10 Å². The fraction of sp³-hybridized carbons (Fsp3) is 0.375. The summed E-state index contributed by atoms with van der Waals surface area (Å²) in [6.07, 6.45) is 3.84. The van der Waals surface area contributed by atoms with Gasteiger partial charge in [0.1, 0.15) is 0 Å². The molecule has 0 fully saturated rings. The molecule has 21 heavy (non-hydrogen) atoms. The monoisotopic (exact) mass is 287 g/mol. The van der Waals surface area contributed by atoms with Crippen molar-refractivity contribution in [2.24, 2.45) is 0 Å². The van der Waals surface area contributed by atoms with Crippen molar-refractivity contribution < 1.29 is 9.53 Å². The van der Waals surface area contributed by atoms with Crippen LogP contribution >= 0.6 is 0 Å². The van der Waals surface area contributed by atoms with Gasteiger partial charge < -0.3 is 10.1 Å². The van der Waals surface area contributed by atoms with Crippen LogP contribution in [0.25, 0.3) is 0 Å². The lowest BCUT2D eigenvalue weighted by Crippen LogP contribution is -2.11. The van der Waals surface area contributed by atoms with Gasteiger partial charge in [0, 0.05) is 24.0 Å². The number of methoxy groups -OCH3 is 1. The third-order valence-corrected chi connectivity index (χ3v) is 3.43. The van der Waals surface area contributed by atoms with E-state index in [1.165, 1.54) is 7.11 Å². The number of carbonyl (C=O) groups excluding carboxylic acids is 1. The molecule has 0 aliphatic heterocycles. The van der Waals surface area contributed by atoms with Gasteiger partial charge in [-0.1, -0.05) is 11.6 Å². The first-order valence-electron chi connectivity index (χ1n) is 7.03. The van der Waals surface area contributed by atoms with Crippen molar-refractivity contribution in [1.82, 2.24) is 9.78 Å². The largest absolute Gasteiger partial charge is 0.465 e. The SMILES string of the molecule is CCn1cc(C(C)Nc2ccc(C)cc2C(=O)OC)cn1. The van der Waals surface area contributed by atoms with Gasteiger partial charge in [-0.15, -0.1) is 0 Å². The molecule has 0 spiro atoms. The number of ether oxygens (including phenoxy) is 1. The smallest absolute Gasteiger partial charge is 0.339 e. The molecule has 0 aliphatic rings. The number of nitrogens with zero attached hydrogens (tertiary/aromatic N) is 2. The second-order valence-electron chi connectivity index (χ2n) is 5.04. The highest BCUT2D eigenvalue weighted by Crippen LogP contribution is 2.24. The molecule has 1 N–H and O–H groups in total. The van der Waals surface area contributed by atoms with Crippen molar-refractivity contribution in [3.8, 4) is 0 Å². The molecule has 112 valence electrons. The topological polar surface area (TPSA) is 56.2 Å². The zero-order valence-corrected chi connectivity index (χ0v) is 12.9. The Morgan fingerprint density at radius 1 is 1.48 bits per heavy atom. The van der Waals surface area contributed by atoms with Gasteiger partial charge in [0.05, 0.1) is 24.9 Å². The minimum atomic E-state index is -0.336. The molecular weight excluding hydrogens is 266 g/mol. The minimum Gasteiger partial charge on any atom is -0.465 e. The molecule has 0 saturated carbocycles. The van der Waals surface area contributed by atoms with Crippen LogP contribution in [0, 0.1) is 6.92 Å². The number of rotatable bonds is 5. The van der Waals surface area contributed by atoms with E-state index in [1.807, 2.05) is 56.0 Å². The average molecular weight is 287 g/mol. The summed E-state index contributed by atoms with van der Waals surface area (Å²) in [7, 11) is 1.39. The van der Waals surface area contributed by atoms with Gasteiger partial charge in [-0.05, 0) is 32.9 Å². The standard InChI is InChI=1S/C16H21N3O2/c1-5-19-10-13(9-17-19)12(3)18-15-7-6-11(2)8-14(15)16(20)21-4/h6-10,12,18H,5H2,1-4H3. The van der Waals surface area contributed by atoms with Crippen LogP contribution in [0.4, 0.5) is 5.69 Å². The Labute approximate surface area is 124 Å². The molecule has 2 rings (SSSR count). The summed E-state index contributed by atoms with van der Waals surface area (Å²) < 4.78 is 6.72. The Kier molecular flexibility index (Phi) is 4.62. The first-order valence-corrected chi connectivity index (χ1v) is 7.03. The van der Waals surface area contributed by atoms with E-state index in [-0.39, 0.29) is 12.0 Å². The highest BCUT2D eigenvalue weighted by molar-refractivity contribution is 5.95. The van der Waals surface area contributed by atoms with Crippen molar-refractivity contribution in [3.63, 3.8) is 0 Å². The first-order chi connectivity index (χ1) is 10.0. The molecule has 0 saturated heterocycles. The number of benzene rings is 1. The van der Waals surface area contributed by atoms with E-state index < -0.39 is 0 Å². The van der Waals surface area contributed by atoms with E-state index in [4.69, 9.17) is 4.74 Å². The fourth-order valence-electron chi connectivity index (χ4n) is 2.16. The number of anilines is 1. The van der Waals surface area contributed by atoms with E-state index >= 15 is 0 Å². The van der Waals surface area contributed by atoms with Crippen LogP contribution in [-0.4, -0.2) is 22.9 Å². The van der Waals surface area contributed by atoms with E-state index in [0.29, 0.717) is 5.56 Å². The lowest BCUT2D eigenvalue weighted by atomic mass is 10.1. The van der Waals surface area contributed by atoms with Crippen LogP contribution in [0.3, 0.4) is 0 Å². The first kappa shape index (κ1) is 15.1. The van der Waals surface area contributed by atoms with Crippen molar-refractivity contribution >= 4 is 11.7 Å². The Bertz CT molecular complexity index is 634. The molecule has 1 unspecified atom stereocenters. The quantitative estimate of drug-likeness (QED) is 0.858. The molecule has 1 aromatic heterocycles. The maximum atomic E-state index is 11.9. The molecule has 5 heteroatoms. The third-order valence-electron chi connectivity index (χ3n) is 3.43. The number of aromatic nitrogens is 2. The zero-order valence-electron chi connectivity index (χ0n) is 12.9. The predicted octanol–water partition coefficient (Wildman–Crippen LogP) is 3.17. The lowest BCUT2D eigenvalue weighted by molar-refractivity contribution is 0.0601. The minimum absolute atomic E-state index is 0.0522. The van der Waals surface area contributed by atoms with Crippen LogP contribution in [-0.2, 0) is 11.3 Å². The Hall–Kier alpha value is -2.30. The molecule has 1 atom stereocenters. The van der Waals surface area contributed by atoms with E-state index in [0.717, 1.165) is 23.4 Å². The van der Waals surface area contributed by atoms with Crippen LogP contribution < -0.4 is 5.32 Å². The van der Waals surface area contributed by atoms with Crippen LogP contribution in [0.1, 0.15) is 41.4 Å². The number of carbonyl (C=O) groups is 1. The average Bonchev–Trinajstić information content (AvgIpc) is 2.97. The maximum Gasteiger partial charge on any atom is 0.339 e. The van der Waals surface area contributed by atoms with Crippen molar-refractivity contribution in [2.75, 3.05) is 12.4 Å². The number of hydrogen-bond donors (Lipinski definition) is 1. The lowest BCUT2D eigenvalue weighted by Gasteiger charge is -2.16. The number of esters is 1. The number of hydrogen-bond acceptors (Lipinski definition) is 4. The molecule has 0 aliphatic carbocycles. The zero-order chi connectivity index (χ0) is 15.4. The van der Waals surface area contributed by atoms with Crippen molar-refractivity contribution in [2.45, 2.75) is 33.4 Å². The van der Waals surface area contributed by atoms with E-state index in [2.05, 4.69) is 10.4 Å². The van der Waals surface area contributed by atoms with Crippen LogP contribution in [0.2, 0.25) is 0 Å².